The lowest BCUT2D eigenvalue weighted by atomic mass is 9.95. The maximum atomic E-state index is 14.2. The predicted molar refractivity (Wildman–Crippen MR) is 195 cm³/mol. The minimum atomic E-state index is -0.917. The summed E-state index contributed by atoms with van der Waals surface area (Å²) >= 11 is 8.25. The highest BCUT2D eigenvalue weighted by Crippen LogP contribution is 2.37. The minimum absolute atomic E-state index is 0.0331. The largest absolute Gasteiger partial charge is 0.490 e. The van der Waals surface area contributed by atoms with Crippen molar-refractivity contribution in [3.63, 3.8) is 0 Å². The first-order valence-corrected chi connectivity index (χ1v) is 17.9. The Balaban J connectivity index is 1.55. The number of benzene rings is 3. The van der Waals surface area contributed by atoms with Gasteiger partial charge in [-0.3, -0.25) is 19.5 Å². The monoisotopic (exact) mass is 843 g/mol. The molecule has 13 nitrogen and oxygen atoms in total. The standard InChI is InChI=1S/C35H31Br2N3O10S/c1-5-47-27-16-22(10-11-26(27)49-18-29(41)46-4)31-30(34(43)48-6-2)19(3)38-35-39(31)33(42)28(51-35)15-21-13-24(36)32(25(37)14-21)50-17-20-8-7-9-23(12-20)40(44)45/h7-16,31H,5-6,17-18H2,1-4H3/b28-15-/t31-/m1/s1. The molecule has 0 saturated heterocycles. The van der Waals surface area contributed by atoms with Gasteiger partial charge >= 0.3 is 11.9 Å². The van der Waals surface area contributed by atoms with E-state index in [0.29, 0.717) is 52.2 Å². The van der Waals surface area contributed by atoms with Crippen LogP contribution in [0.25, 0.3) is 6.08 Å². The highest BCUT2D eigenvalue weighted by atomic mass is 79.9. The summed E-state index contributed by atoms with van der Waals surface area (Å²) in [6.45, 7) is 5.32. The average Bonchev–Trinajstić information content (AvgIpc) is 3.40. The van der Waals surface area contributed by atoms with Crippen LogP contribution in [0.5, 0.6) is 17.2 Å². The number of hydrogen-bond donors (Lipinski definition) is 0. The van der Waals surface area contributed by atoms with E-state index < -0.39 is 22.9 Å². The van der Waals surface area contributed by atoms with Crippen LogP contribution in [0, 0.1) is 10.1 Å². The molecule has 5 rings (SSSR count). The number of hydrogen-bond acceptors (Lipinski definition) is 12. The molecule has 2 heterocycles. The lowest BCUT2D eigenvalue weighted by Gasteiger charge is -2.25. The number of fused-ring (bicyclic) bond motifs is 1. The number of methoxy groups -OCH3 is 1. The van der Waals surface area contributed by atoms with Gasteiger partial charge in [-0.15, -0.1) is 0 Å². The van der Waals surface area contributed by atoms with Crippen LogP contribution >= 0.6 is 43.2 Å². The highest BCUT2D eigenvalue weighted by Gasteiger charge is 2.34. The summed E-state index contributed by atoms with van der Waals surface area (Å²) in [5.74, 6) is -0.125. The van der Waals surface area contributed by atoms with Crippen LogP contribution in [0.15, 0.2) is 84.6 Å². The van der Waals surface area contributed by atoms with Gasteiger partial charge < -0.3 is 23.7 Å². The summed E-state index contributed by atoms with van der Waals surface area (Å²) in [4.78, 5) is 55.0. The molecule has 0 aliphatic carbocycles. The van der Waals surface area contributed by atoms with Gasteiger partial charge in [-0.05, 0) is 99.7 Å². The fraction of sp³-hybridized carbons (Fsp3) is 0.257. The summed E-state index contributed by atoms with van der Waals surface area (Å²) in [6.07, 6.45) is 1.71. The second kappa shape index (κ2) is 16.5. The van der Waals surface area contributed by atoms with Gasteiger partial charge in [-0.1, -0.05) is 29.5 Å². The van der Waals surface area contributed by atoms with Gasteiger partial charge in [0.05, 0.1) is 56.0 Å². The number of allylic oxidation sites excluding steroid dienone is 1. The molecule has 1 aliphatic heterocycles. The molecule has 0 radical (unpaired) electrons. The molecule has 1 atom stereocenters. The Bertz CT molecular complexity index is 2210. The van der Waals surface area contributed by atoms with Crippen molar-refractivity contribution in [3.05, 3.63) is 121 Å². The number of thiazole rings is 1. The number of carbonyl (C=O) groups excluding carboxylic acids is 2. The average molecular weight is 846 g/mol. The van der Waals surface area contributed by atoms with Gasteiger partial charge in [0.2, 0.25) is 0 Å². The van der Waals surface area contributed by atoms with Crippen molar-refractivity contribution in [1.82, 2.24) is 4.57 Å². The van der Waals surface area contributed by atoms with Crippen LogP contribution in [-0.2, 0) is 25.7 Å². The zero-order chi connectivity index (χ0) is 36.8. The molecule has 1 aliphatic rings. The van der Waals surface area contributed by atoms with E-state index in [9.17, 15) is 24.5 Å². The molecule has 0 amide bonds. The Morgan fingerprint density at radius 3 is 2.43 bits per heavy atom. The first-order valence-electron chi connectivity index (χ1n) is 15.5. The van der Waals surface area contributed by atoms with Gasteiger partial charge in [0.15, 0.2) is 22.9 Å². The highest BCUT2D eigenvalue weighted by molar-refractivity contribution is 9.11. The smallest absolute Gasteiger partial charge is 0.343 e. The van der Waals surface area contributed by atoms with E-state index in [-0.39, 0.29) is 49.0 Å². The van der Waals surface area contributed by atoms with Gasteiger partial charge in [0, 0.05) is 12.1 Å². The van der Waals surface area contributed by atoms with Crippen molar-refractivity contribution < 1.29 is 38.2 Å². The second-order valence-corrected chi connectivity index (χ2v) is 13.6. The van der Waals surface area contributed by atoms with Crippen LogP contribution in [0.4, 0.5) is 5.69 Å². The molecule has 4 aromatic rings. The molecular weight excluding hydrogens is 814 g/mol. The second-order valence-electron chi connectivity index (χ2n) is 10.8. The molecule has 0 spiro atoms. The molecule has 0 unspecified atom stereocenters. The molecule has 266 valence electrons. The first-order chi connectivity index (χ1) is 24.4. The SMILES string of the molecule is CCOC(=O)C1=C(C)N=c2s/c(=C\c3cc(Br)c(OCc4cccc([N+](=O)[O-])c4)c(Br)c3)c(=O)n2[C@@H]1c1ccc(OCC(=O)OC)c(OCC)c1. The minimum Gasteiger partial charge on any atom is -0.490 e. The molecule has 1 aromatic heterocycles. The van der Waals surface area contributed by atoms with Gasteiger partial charge in [0.25, 0.3) is 11.2 Å². The first kappa shape index (κ1) is 37.5. The van der Waals surface area contributed by atoms with Crippen LogP contribution in [0.2, 0.25) is 0 Å². The summed E-state index contributed by atoms with van der Waals surface area (Å²) < 4.78 is 30.5. The predicted octanol–water partition coefficient (Wildman–Crippen LogP) is 5.76. The van der Waals surface area contributed by atoms with Crippen molar-refractivity contribution in [2.45, 2.75) is 33.4 Å². The Labute approximate surface area is 312 Å². The van der Waals surface area contributed by atoms with Crippen LogP contribution in [-0.4, -0.2) is 48.4 Å². The van der Waals surface area contributed by atoms with E-state index in [2.05, 4.69) is 41.6 Å². The summed E-state index contributed by atoms with van der Waals surface area (Å²) in [6, 6.07) is 13.8. The number of rotatable bonds is 13. The van der Waals surface area contributed by atoms with Gasteiger partial charge in [-0.2, -0.15) is 0 Å². The van der Waals surface area contributed by atoms with E-state index in [1.165, 1.54) is 23.8 Å². The number of nitro benzene ring substituents is 1. The molecule has 0 bridgehead atoms. The Hall–Kier alpha value is -4.80. The topological polar surface area (TPSA) is 158 Å². The van der Waals surface area contributed by atoms with Crippen molar-refractivity contribution in [3.8, 4) is 17.2 Å². The number of ether oxygens (including phenoxy) is 5. The quantitative estimate of drug-likeness (QED) is 0.0921. The Morgan fingerprint density at radius 1 is 1.02 bits per heavy atom. The summed E-state index contributed by atoms with van der Waals surface area (Å²) in [5, 5.41) is 11.2. The zero-order valence-electron chi connectivity index (χ0n) is 27.8. The maximum Gasteiger partial charge on any atom is 0.343 e. The number of carbonyl (C=O) groups is 2. The number of nitro groups is 1. The van der Waals surface area contributed by atoms with Crippen molar-refractivity contribution in [1.29, 1.82) is 0 Å². The van der Waals surface area contributed by atoms with Crippen molar-refractivity contribution >= 4 is 66.9 Å². The summed E-state index contributed by atoms with van der Waals surface area (Å²) in [7, 11) is 1.26. The van der Waals surface area contributed by atoms with Crippen LogP contribution in [0.1, 0.15) is 43.5 Å². The van der Waals surface area contributed by atoms with E-state index in [4.69, 9.17) is 18.9 Å². The zero-order valence-corrected chi connectivity index (χ0v) is 31.8. The van der Waals surface area contributed by atoms with E-state index in [1.807, 2.05) is 0 Å². The number of halogens is 2. The molecule has 16 heteroatoms. The van der Waals surface area contributed by atoms with Crippen molar-refractivity contribution in [2.75, 3.05) is 26.9 Å². The number of aromatic nitrogens is 1. The van der Waals surface area contributed by atoms with Gasteiger partial charge in [0.1, 0.15) is 12.4 Å². The van der Waals surface area contributed by atoms with Crippen LogP contribution < -0.4 is 29.1 Å². The molecular formula is C35H31Br2N3O10S. The summed E-state index contributed by atoms with van der Waals surface area (Å²) in [5.41, 5.74) is 1.98. The lowest BCUT2D eigenvalue weighted by molar-refractivity contribution is -0.384. The number of nitrogens with zero attached hydrogens (tertiary/aromatic N) is 3. The normalized spacial score (nSPS) is 14.0. The number of non-ortho nitro benzene ring substituents is 1. The lowest BCUT2D eigenvalue weighted by Crippen LogP contribution is -2.40. The fourth-order valence-electron chi connectivity index (χ4n) is 5.25. The molecule has 0 N–H and O–H groups in total. The third-order valence-corrected chi connectivity index (χ3v) is 9.66. The van der Waals surface area contributed by atoms with E-state index in [0.717, 1.165) is 11.3 Å². The third-order valence-electron chi connectivity index (χ3n) is 7.50. The Kier molecular flexibility index (Phi) is 12.1. The van der Waals surface area contributed by atoms with Gasteiger partial charge in [-0.25, -0.2) is 14.6 Å². The van der Waals surface area contributed by atoms with Crippen molar-refractivity contribution in [2.24, 2.45) is 4.99 Å². The molecule has 3 aromatic carbocycles. The van der Waals surface area contributed by atoms with E-state index >= 15 is 0 Å². The van der Waals surface area contributed by atoms with Crippen LogP contribution in [0.3, 0.4) is 0 Å². The number of esters is 2. The third kappa shape index (κ3) is 8.40. The van der Waals surface area contributed by atoms with E-state index in [1.54, 1.807) is 69.3 Å². The molecule has 0 saturated carbocycles. The fourth-order valence-corrected chi connectivity index (χ4v) is 7.75. The Morgan fingerprint density at radius 2 is 1.76 bits per heavy atom. The molecule has 0 fully saturated rings. The molecule has 51 heavy (non-hydrogen) atoms. The maximum absolute atomic E-state index is 14.2.